The van der Waals surface area contributed by atoms with E-state index < -0.39 is 9.85 Å². The van der Waals surface area contributed by atoms with E-state index in [1.165, 1.54) is 12.1 Å². The summed E-state index contributed by atoms with van der Waals surface area (Å²) in [6, 6.07) is 9.68. The van der Waals surface area contributed by atoms with E-state index in [1.54, 1.807) is 24.3 Å². The highest BCUT2D eigenvalue weighted by molar-refractivity contribution is 6.45. The summed E-state index contributed by atoms with van der Waals surface area (Å²) in [6.45, 7) is 0. The number of nitrogens with one attached hydrogen (secondary N) is 1. The van der Waals surface area contributed by atoms with Gasteiger partial charge in [-0.1, -0.05) is 43.5 Å². The van der Waals surface area contributed by atoms with Crippen LogP contribution in [-0.2, 0) is 0 Å². The molecule has 8 heteroatoms. The Balaban J connectivity index is 1.86. The molecule has 2 aromatic carbocycles. The summed E-state index contributed by atoms with van der Waals surface area (Å²) in [5, 5.41) is 30.4. The summed E-state index contributed by atoms with van der Waals surface area (Å²) in [4.78, 5) is 33.4. The standard InChI is InChI=1S/C20H19N3O5/c21-19(14-4-2-1-3-5-14)20(24)15-8-6-13(7-9-15)17-11-10-16(22(25)26)12-18(17)23(27)28/h6-12,14,21H,1-5H2. The minimum absolute atomic E-state index is 0.00307. The van der Waals surface area contributed by atoms with E-state index in [2.05, 4.69) is 0 Å². The van der Waals surface area contributed by atoms with Gasteiger partial charge in [-0.05, 0) is 24.5 Å². The third kappa shape index (κ3) is 3.95. The summed E-state index contributed by atoms with van der Waals surface area (Å²) in [7, 11) is 0. The van der Waals surface area contributed by atoms with Crippen molar-refractivity contribution in [3.8, 4) is 11.1 Å². The summed E-state index contributed by atoms with van der Waals surface area (Å²) >= 11 is 0. The molecule has 0 saturated heterocycles. The van der Waals surface area contributed by atoms with Gasteiger partial charge in [-0.3, -0.25) is 25.0 Å². The number of rotatable bonds is 6. The normalized spacial score (nSPS) is 14.4. The molecule has 2 aromatic rings. The highest BCUT2D eigenvalue weighted by atomic mass is 16.6. The van der Waals surface area contributed by atoms with E-state index in [0.717, 1.165) is 38.2 Å². The van der Waals surface area contributed by atoms with Gasteiger partial charge >= 0.3 is 0 Å². The van der Waals surface area contributed by atoms with E-state index in [-0.39, 0.29) is 34.4 Å². The van der Waals surface area contributed by atoms with Crippen LogP contribution in [0.1, 0.15) is 42.5 Å². The molecule has 0 aliphatic heterocycles. The predicted octanol–water partition coefficient (Wildman–Crippen LogP) is 4.95. The number of nitro benzene ring substituents is 2. The first-order chi connectivity index (χ1) is 13.4. The molecule has 0 amide bonds. The Kier molecular flexibility index (Phi) is 5.58. The molecule has 0 radical (unpaired) electrons. The minimum atomic E-state index is -0.685. The zero-order chi connectivity index (χ0) is 20.3. The first-order valence-electron chi connectivity index (χ1n) is 9.05. The topological polar surface area (TPSA) is 127 Å². The van der Waals surface area contributed by atoms with E-state index >= 15 is 0 Å². The average Bonchev–Trinajstić information content (AvgIpc) is 2.73. The maximum Gasteiger partial charge on any atom is 0.284 e. The maximum atomic E-state index is 12.6. The highest BCUT2D eigenvalue weighted by Gasteiger charge is 2.25. The van der Waals surface area contributed by atoms with Crippen molar-refractivity contribution < 1.29 is 14.6 Å². The van der Waals surface area contributed by atoms with Gasteiger partial charge in [0.1, 0.15) is 0 Å². The zero-order valence-corrected chi connectivity index (χ0v) is 15.1. The number of nitrogens with zero attached hydrogens (tertiary/aromatic N) is 2. The first-order valence-corrected chi connectivity index (χ1v) is 9.05. The van der Waals surface area contributed by atoms with E-state index in [9.17, 15) is 25.0 Å². The summed E-state index contributed by atoms with van der Waals surface area (Å²) in [5.41, 5.74) is 0.461. The molecular weight excluding hydrogens is 362 g/mol. The lowest BCUT2D eigenvalue weighted by atomic mass is 9.83. The van der Waals surface area contributed by atoms with Crippen LogP contribution in [0.25, 0.3) is 11.1 Å². The van der Waals surface area contributed by atoms with Crippen LogP contribution in [0.15, 0.2) is 42.5 Å². The van der Waals surface area contributed by atoms with Crippen molar-refractivity contribution in [1.82, 2.24) is 0 Å². The third-order valence-corrected chi connectivity index (χ3v) is 5.10. The van der Waals surface area contributed by atoms with Crippen molar-refractivity contribution in [2.45, 2.75) is 32.1 Å². The average molecular weight is 381 g/mol. The second kappa shape index (κ2) is 8.08. The Labute approximate surface area is 161 Å². The fourth-order valence-corrected chi connectivity index (χ4v) is 3.56. The largest absolute Gasteiger partial charge is 0.301 e. The van der Waals surface area contributed by atoms with E-state index in [4.69, 9.17) is 5.41 Å². The Bertz CT molecular complexity index is 947. The molecular formula is C20H19N3O5. The molecule has 1 saturated carbocycles. The van der Waals surface area contributed by atoms with Gasteiger partial charge in [-0.25, -0.2) is 0 Å². The summed E-state index contributed by atoms with van der Waals surface area (Å²) in [5.74, 6) is -0.326. The number of Topliss-reactive ketones (excluding diaryl/α,β-unsaturated/α-hetero) is 1. The molecule has 3 rings (SSSR count). The van der Waals surface area contributed by atoms with Gasteiger partial charge in [0.05, 0.1) is 27.2 Å². The summed E-state index contributed by atoms with van der Waals surface area (Å²) < 4.78 is 0. The van der Waals surface area contributed by atoms with Gasteiger partial charge < -0.3 is 5.41 Å². The number of non-ortho nitro benzene ring substituents is 1. The molecule has 0 atom stereocenters. The lowest BCUT2D eigenvalue weighted by molar-refractivity contribution is -0.393. The van der Waals surface area contributed by atoms with Crippen LogP contribution in [0.2, 0.25) is 0 Å². The number of benzene rings is 2. The second-order valence-electron chi connectivity index (χ2n) is 6.87. The van der Waals surface area contributed by atoms with Gasteiger partial charge in [-0.2, -0.15) is 0 Å². The van der Waals surface area contributed by atoms with Crippen LogP contribution in [0.5, 0.6) is 0 Å². The number of carbonyl (C=O) groups is 1. The fourth-order valence-electron chi connectivity index (χ4n) is 3.56. The van der Waals surface area contributed by atoms with Crippen LogP contribution in [0.3, 0.4) is 0 Å². The Morgan fingerprint density at radius 1 is 0.929 bits per heavy atom. The van der Waals surface area contributed by atoms with Crippen LogP contribution in [-0.4, -0.2) is 21.3 Å². The molecule has 0 heterocycles. The molecule has 1 aliphatic carbocycles. The molecule has 8 nitrogen and oxygen atoms in total. The van der Waals surface area contributed by atoms with Gasteiger partial charge in [-0.15, -0.1) is 0 Å². The van der Waals surface area contributed by atoms with Crippen molar-refractivity contribution >= 4 is 22.9 Å². The smallest absolute Gasteiger partial charge is 0.284 e. The van der Waals surface area contributed by atoms with Crippen molar-refractivity contribution in [3.05, 3.63) is 68.3 Å². The van der Waals surface area contributed by atoms with Gasteiger partial charge in [0.2, 0.25) is 5.78 Å². The number of hydrogen-bond acceptors (Lipinski definition) is 6. The number of hydrogen-bond donors (Lipinski definition) is 1. The van der Waals surface area contributed by atoms with Gasteiger partial charge in [0.25, 0.3) is 11.4 Å². The highest BCUT2D eigenvalue weighted by Crippen LogP contribution is 2.33. The maximum absolute atomic E-state index is 12.6. The van der Waals surface area contributed by atoms with Gasteiger partial charge in [0, 0.05) is 17.5 Å². The van der Waals surface area contributed by atoms with Crippen LogP contribution >= 0.6 is 0 Å². The Morgan fingerprint density at radius 3 is 2.14 bits per heavy atom. The van der Waals surface area contributed by atoms with Crippen molar-refractivity contribution in [2.75, 3.05) is 0 Å². The lowest BCUT2D eigenvalue weighted by Gasteiger charge is -2.21. The molecule has 0 spiro atoms. The monoisotopic (exact) mass is 381 g/mol. The quantitative estimate of drug-likeness (QED) is 0.328. The van der Waals surface area contributed by atoms with E-state index in [1.807, 2.05) is 0 Å². The fraction of sp³-hybridized carbons (Fsp3) is 0.300. The molecule has 1 aliphatic rings. The molecule has 0 aromatic heterocycles. The number of nitro groups is 2. The minimum Gasteiger partial charge on any atom is -0.301 e. The van der Waals surface area contributed by atoms with Crippen molar-refractivity contribution in [1.29, 1.82) is 5.41 Å². The predicted molar refractivity (Wildman–Crippen MR) is 104 cm³/mol. The molecule has 0 unspecified atom stereocenters. The first kappa shape index (κ1) is 19.3. The Morgan fingerprint density at radius 2 is 1.57 bits per heavy atom. The molecule has 1 fully saturated rings. The Hall–Kier alpha value is -3.42. The molecule has 144 valence electrons. The third-order valence-electron chi connectivity index (χ3n) is 5.10. The number of carbonyl (C=O) groups excluding carboxylic acids is 1. The second-order valence-corrected chi connectivity index (χ2v) is 6.87. The lowest BCUT2D eigenvalue weighted by Crippen LogP contribution is -2.25. The summed E-state index contributed by atoms with van der Waals surface area (Å²) in [6.07, 6.45) is 4.92. The number of ketones is 1. The van der Waals surface area contributed by atoms with Gasteiger partial charge in [0.15, 0.2) is 0 Å². The molecule has 1 N–H and O–H groups in total. The van der Waals surface area contributed by atoms with Crippen LogP contribution in [0, 0.1) is 31.6 Å². The van der Waals surface area contributed by atoms with Crippen molar-refractivity contribution in [2.24, 2.45) is 5.92 Å². The van der Waals surface area contributed by atoms with Crippen LogP contribution < -0.4 is 0 Å². The molecule has 0 bridgehead atoms. The molecule has 28 heavy (non-hydrogen) atoms. The zero-order valence-electron chi connectivity index (χ0n) is 15.1. The van der Waals surface area contributed by atoms with Crippen molar-refractivity contribution in [3.63, 3.8) is 0 Å². The van der Waals surface area contributed by atoms with E-state index in [0.29, 0.717) is 11.1 Å². The SMILES string of the molecule is N=C(C(=O)c1ccc(-c2ccc([N+](=O)[O-])cc2[N+](=O)[O-])cc1)C1CCCCC1. The van der Waals surface area contributed by atoms with Crippen LogP contribution in [0.4, 0.5) is 11.4 Å².